The summed E-state index contributed by atoms with van der Waals surface area (Å²) in [4.78, 5) is 21.0. The summed E-state index contributed by atoms with van der Waals surface area (Å²) in [7, 11) is 0. The summed E-state index contributed by atoms with van der Waals surface area (Å²) < 4.78 is 4.72. The zero-order chi connectivity index (χ0) is 10.3. The highest BCUT2D eigenvalue weighted by Gasteiger charge is 2.11. The Morgan fingerprint density at radius 2 is 2.15 bits per heavy atom. The van der Waals surface area contributed by atoms with Gasteiger partial charge in [-0.15, -0.1) is 0 Å². The highest BCUT2D eigenvalue weighted by molar-refractivity contribution is 5.73. The largest absolute Gasteiger partial charge is 0.480 e. The molecule has 76 valence electrons. The third kappa shape index (κ3) is 6.10. The predicted octanol–water partition coefficient (Wildman–Crippen LogP) is 0.132. The van der Waals surface area contributed by atoms with Gasteiger partial charge in [-0.2, -0.15) is 0 Å². The SMILES string of the molecule is CCCC(=O)OCC[C@H](N)C(=O)O. The van der Waals surface area contributed by atoms with Crippen LogP contribution in [0.4, 0.5) is 0 Å². The van der Waals surface area contributed by atoms with Crippen molar-refractivity contribution in [3.8, 4) is 0 Å². The molecule has 0 aromatic carbocycles. The predicted molar refractivity (Wildman–Crippen MR) is 46.1 cm³/mol. The zero-order valence-electron chi connectivity index (χ0n) is 7.66. The quantitative estimate of drug-likeness (QED) is 0.580. The minimum Gasteiger partial charge on any atom is -0.480 e. The molecule has 0 saturated heterocycles. The van der Waals surface area contributed by atoms with E-state index in [0.717, 1.165) is 6.42 Å². The minimum absolute atomic E-state index is 0.0757. The molecule has 0 radical (unpaired) electrons. The Bertz CT molecular complexity index is 181. The molecule has 3 N–H and O–H groups in total. The van der Waals surface area contributed by atoms with Crippen LogP contribution in [0.15, 0.2) is 0 Å². The summed E-state index contributed by atoms with van der Waals surface area (Å²) in [6.45, 7) is 1.94. The van der Waals surface area contributed by atoms with E-state index < -0.39 is 12.0 Å². The third-order valence-electron chi connectivity index (χ3n) is 1.46. The number of carboxylic acid groups (broad SMARTS) is 1. The Labute approximate surface area is 76.9 Å². The maximum absolute atomic E-state index is 10.8. The first-order chi connectivity index (χ1) is 6.07. The van der Waals surface area contributed by atoms with Gasteiger partial charge in [-0.3, -0.25) is 9.59 Å². The number of esters is 1. The van der Waals surface area contributed by atoms with Crippen molar-refractivity contribution in [3.05, 3.63) is 0 Å². The van der Waals surface area contributed by atoms with E-state index in [2.05, 4.69) is 0 Å². The maximum atomic E-state index is 10.8. The van der Waals surface area contributed by atoms with Gasteiger partial charge in [-0.1, -0.05) is 6.92 Å². The molecule has 0 aliphatic rings. The van der Waals surface area contributed by atoms with Crippen LogP contribution in [0.1, 0.15) is 26.2 Å². The van der Waals surface area contributed by atoms with Crippen LogP contribution in [0.25, 0.3) is 0 Å². The molecule has 0 spiro atoms. The molecule has 0 rings (SSSR count). The van der Waals surface area contributed by atoms with Gasteiger partial charge >= 0.3 is 11.9 Å². The lowest BCUT2D eigenvalue weighted by Crippen LogP contribution is -2.31. The second-order valence-electron chi connectivity index (χ2n) is 2.70. The van der Waals surface area contributed by atoms with Gasteiger partial charge in [0.1, 0.15) is 6.04 Å². The van der Waals surface area contributed by atoms with Crippen molar-refractivity contribution < 1.29 is 19.4 Å². The van der Waals surface area contributed by atoms with Gasteiger partial charge in [0.25, 0.3) is 0 Å². The average Bonchev–Trinajstić information content (AvgIpc) is 2.04. The van der Waals surface area contributed by atoms with Crippen LogP contribution in [0.5, 0.6) is 0 Å². The number of aliphatic carboxylic acids is 1. The van der Waals surface area contributed by atoms with Crippen molar-refractivity contribution in [1.29, 1.82) is 0 Å². The number of ether oxygens (including phenoxy) is 1. The van der Waals surface area contributed by atoms with E-state index in [4.69, 9.17) is 15.6 Å². The average molecular weight is 189 g/mol. The summed E-state index contributed by atoms with van der Waals surface area (Å²) in [6.07, 6.45) is 1.25. The molecular weight excluding hydrogens is 174 g/mol. The first-order valence-corrected chi connectivity index (χ1v) is 4.22. The number of hydrogen-bond acceptors (Lipinski definition) is 4. The van der Waals surface area contributed by atoms with Crippen LogP contribution in [0, 0.1) is 0 Å². The molecule has 5 heteroatoms. The van der Waals surface area contributed by atoms with Gasteiger partial charge in [0.2, 0.25) is 0 Å². The van der Waals surface area contributed by atoms with Crippen molar-refractivity contribution in [1.82, 2.24) is 0 Å². The highest BCUT2D eigenvalue weighted by Crippen LogP contribution is 1.94. The third-order valence-corrected chi connectivity index (χ3v) is 1.46. The summed E-state index contributed by atoms with van der Waals surface area (Å²) in [5, 5.41) is 8.39. The number of hydrogen-bond donors (Lipinski definition) is 2. The molecule has 0 fully saturated rings. The number of nitrogens with two attached hydrogens (primary N) is 1. The van der Waals surface area contributed by atoms with Gasteiger partial charge in [0, 0.05) is 12.8 Å². The summed E-state index contributed by atoms with van der Waals surface area (Å²) in [5.74, 6) is -1.38. The lowest BCUT2D eigenvalue weighted by atomic mass is 10.2. The van der Waals surface area contributed by atoms with E-state index in [0.29, 0.717) is 6.42 Å². The van der Waals surface area contributed by atoms with Gasteiger partial charge in [-0.25, -0.2) is 0 Å². The van der Waals surface area contributed by atoms with E-state index in [1.807, 2.05) is 6.92 Å². The van der Waals surface area contributed by atoms with Gasteiger partial charge in [0.15, 0.2) is 0 Å². The molecule has 0 unspecified atom stereocenters. The van der Waals surface area contributed by atoms with Crippen molar-refractivity contribution in [2.45, 2.75) is 32.2 Å². The van der Waals surface area contributed by atoms with Crippen molar-refractivity contribution in [3.63, 3.8) is 0 Å². The first kappa shape index (κ1) is 11.9. The van der Waals surface area contributed by atoms with Crippen LogP contribution >= 0.6 is 0 Å². The number of rotatable bonds is 6. The minimum atomic E-state index is -1.08. The molecular formula is C8H15NO4. The fourth-order valence-corrected chi connectivity index (χ4v) is 0.699. The number of carbonyl (C=O) groups excluding carboxylic acids is 1. The molecule has 5 nitrogen and oxygen atoms in total. The highest BCUT2D eigenvalue weighted by atomic mass is 16.5. The molecule has 0 aliphatic heterocycles. The molecule has 0 aromatic heterocycles. The van der Waals surface area contributed by atoms with Crippen LogP contribution in [-0.2, 0) is 14.3 Å². The normalized spacial score (nSPS) is 12.2. The molecule has 0 saturated carbocycles. The second-order valence-corrected chi connectivity index (χ2v) is 2.70. The van der Waals surface area contributed by atoms with Crippen molar-refractivity contribution >= 4 is 11.9 Å². The van der Waals surface area contributed by atoms with E-state index in [1.165, 1.54) is 0 Å². The molecule has 0 heterocycles. The van der Waals surface area contributed by atoms with E-state index in [9.17, 15) is 9.59 Å². The van der Waals surface area contributed by atoms with Crippen LogP contribution in [0.3, 0.4) is 0 Å². The second kappa shape index (κ2) is 6.42. The van der Waals surface area contributed by atoms with Crippen molar-refractivity contribution in [2.75, 3.05) is 6.61 Å². The summed E-state index contributed by atoms with van der Waals surface area (Å²) in [5.41, 5.74) is 5.19. The molecule has 1 atom stereocenters. The van der Waals surface area contributed by atoms with E-state index >= 15 is 0 Å². The topological polar surface area (TPSA) is 89.6 Å². The van der Waals surface area contributed by atoms with Gasteiger partial charge in [0.05, 0.1) is 6.61 Å². The van der Waals surface area contributed by atoms with Crippen molar-refractivity contribution in [2.24, 2.45) is 5.73 Å². The van der Waals surface area contributed by atoms with E-state index in [1.54, 1.807) is 0 Å². The standard InChI is InChI=1S/C8H15NO4/c1-2-3-7(10)13-5-4-6(9)8(11)12/h6H,2-5,9H2,1H3,(H,11,12)/t6-/m0/s1. The van der Waals surface area contributed by atoms with Crippen LogP contribution in [0.2, 0.25) is 0 Å². The first-order valence-electron chi connectivity index (χ1n) is 4.22. The molecule has 0 bridgehead atoms. The Morgan fingerprint density at radius 3 is 2.62 bits per heavy atom. The Morgan fingerprint density at radius 1 is 1.54 bits per heavy atom. The zero-order valence-corrected chi connectivity index (χ0v) is 7.66. The number of carboxylic acids is 1. The Hall–Kier alpha value is -1.10. The smallest absolute Gasteiger partial charge is 0.320 e. The monoisotopic (exact) mass is 189 g/mol. The lowest BCUT2D eigenvalue weighted by Gasteiger charge is -2.06. The van der Waals surface area contributed by atoms with E-state index in [-0.39, 0.29) is 19.0 Å². The Kier molecular flexibility index (Phi) is 5.88. The molecule has 0 amide bonds. The maximum Gasteiger partial charge on any atom is 0.320 e. The van der Waals surface area contributed by atoms with Gasteiger partial charge in [-0.05, 0) is 6.42 Å². The molecule has 13 heavy (non-hydrogen) atoms. The number of carbonyl (C=O) groups is 2. The fourth-order valence-electron chi connectivity index (χ4n) is 0.699. The summed E-state index contributed by atoms with van der Waals surface area (Å²) in [6, 6.07) is -0.950. The Balaban J connectivity index is 3.44. The summed E-state index contributed by atoms with van der Waals surface area (Å²) >= 11 is 0. The van der Waals surface area contributed by atoms with Crippen LogP contribution in [-0.4, -0.2) is 29.7 Å². The lowest BCUT2D eigenvalue weighted by molar-refractivity contribution is -0.146. The molecule has 0 aromatic rings. The molecule has 0 aliphatic carbocycles. The van der Waals surface area contributed by atoms with Gasteiger partial charge < -0.3 is 15.6 Å². The van der Waals surface area contributed by atoms with Crippen LogP contribution < -0.4 is 5.73 Å². The fraction of sp³-hybridized carbons (Fsp3) is 0.750.